The molecule has 0 atom stereocenters. The second-order valence-corrected chi connectivity index (χ2v) is 7.42. The summed E-state index contributed by atoms with van der Waals surface area (Å²) in [5.74, 6) is -0.298. The van der Waals surface area contributed by atoms with Gasteiger partial charge in [0, 0.05) is 57.8 Å². The van der Waals surface area contributed by atoms with Crippen molar-refractivity contribution in [3.8, 4) is 11.4 Å². The third-order valence-corrected chi connectivity index (χ3v) is 5.11. The van der Waals surface area contributed by atoms with Crippen molar-refractivity contribution in [1.29, 1.82) is 0 Å². The van der Waals surface area contributed by atoms with Gasteiger partial charge >= 0.3 is 11.8 Å². The fourth-order valence-corrected chi connectivity index (χ4v) is 3.33. The van der Waals surface area contributed by atoms with Crippen molar-refractivity contribution < 1.29 is 14.4 Å². The first-order chi connectivity index (χ1) is 15.5. The topological polar surface area (TPSA) is 120 Å². The lowest BCUT2D eigenvalue weighted by Gasteiger charge is -2.33. The van der Waals surface area contributed by atoms with Gasteiger partial charge in [-0.1, -0.05) is 37.3 Å². The van der Waals surface area contributed by atoms with Gasteiger partial charge in [0.1, 0.15) is 11.6 Å². The van der Waals surface area contributed by atoms with Crippen LogP contribution in [-0.4, -0.2) is 83.3 Å². The van der Waals surface area contributed by atoms with Crippen LogP contribution >= 0.6 is 0 Å². The Morgan fingerprint density at radius 1 is 0.969 bits per heavy atom. The van der Waals surface area contributed by atoms with E-state index in [9.17, 15) is 14.4 Å². The van der Waals surface area contributed by atoms with Gasteiger partial charge in [0.2, 0.25) is 5.91 Å². The molecular formula is C22H29N7O3. The monoisotopic (exact) mass is 439 g/mol. The Morgan fingerprint density at radius 3 is 2.31 bits per heavy atom. The van der Waals surface area contributed by atoms with E-state index in [2.05, 4.69) is 37.7 Å². The quantitative estimate of drug-likeness (QED) is 0.431. The number of hydrogen-bond donors (Lipinski definition) is 3. The predicted octanol–water partition coefficient (Wildman–Crippen LogP) is 0.794. The number of nitrogens with zero attached hydrogens (tertiary/aromatic N) is 4. The maximum absolute atomic E-state index is 12.6. The molecule has 1 saturated heterocycles. The molecule has 2 heterocycles. The second-order valence-electron chi connectivity index (χ2n) is 7.42. The van der Waals surface area contributed by atoms with Crippen molar-refractivity contribution in [3.05, 3.63) is 36.4 Å². The number of hydrogen-bond acceptors (Lipinski definition) is 7. The van der Waals surface area contributed by atoms with Crippen molar-refractivity contribution >= 4 is 29.4 Å². The summed E-state index contributed by atoms with van der Waals surface area (Å²) in [7, 11) is 0. The van der Waals surface area contributed by atoms with Crippen LogP contribution in [0.5, 0.6) is 0 Å². The lowest BCUT2D eigenvalue weighted by Crippen LogP contribution is -2.51. The summed E-state index contributed by atoms with van der Waals surface area (Å²) in [6.45, 7) is 7.87. The molecule has 0 radical (unpaired) electrons. The van der Waals surface area contributed by atoms with Gasteiger partial charge in [0.15, 0.2) is 5.82 Å². The number of rotatable bonds is 7. The third-order valence-electron chi connectivity index (χ3n) is 5.11. The normalized spacial score (nSPS) is 14.0. The Bertz CT molecular complexity index is 944. The molecule has 1 aromatic heterocycles. The van der Waals surface area contributed by atoms with Crippen LogP contribution in [0.1, 0.15) is 13.8 Å². The summed E-state index contributed by atoms with van der Waals surface area (Å²) >= 11 is 0. The number of piperazine rings is 1. The number of benzene rings is 1. The van der Waals surface area contributed by atoms with Gasteiger partial charge in [-0.15, -0.1) is 0 Å². The molecule has 3 rings (SSSR count). The smallest absolute Gasteiger partial charge is 0.315 e. The molecule has 0 bridgehead atoms. The zero-order valence-corrected chi connectivity index (χ0v) is 18.4. The Labute approximate surface area is 187 Å². The molecule has 10 heteroatoms. The van der Waals surface area contributed by atoms with Crippen LogP contribution in [0.4, 0.5) is 11.6 Å². The number of amides is 3. The molecule has 2 aromatic rings. The van der Waals surface area contributed by atoms with E-state index < -0.39 is 11.8 Å². The minimum absolute atomic E-state index is 0.120. The third kappa shape index (κ3) is 6.48. The molecular weight excluding hydrogens is 410 g/mol. The Kier molecular flexibility index (Phi) is 8.09. The van der Waals surface area contributed by atoms with Gasteiger partial charge in [-0.3, -0.25) is 14.4 Å². The highest BCUT2D eigenvalue weighted by molar-refractivity contribution is 6.39. The molecule has 0 aliphatic carbocycles. The highest BCUT2D eigenvalue weighted by Crippen LogP contribution is 2.20. The molecule has 1 aromatic carbocycles. The van der Waals surface area contributed by atoms with Crippen molar-refractivity contribution in [2.24, 2.45) is 0 Å². The predicted molar refractivity (Wildman–Crippen MR) is 122 cm³/mol. The molecule has 1 aliphatic rings. The van der Waals surface area contributed by atoms with Gasteiger partial charge in [0.05, 0.1) is 0 Å². The first-order valence-electron chi connectivity index (χ1n) is 10.7. The van der Waals surface area contributed by atoms with Crippen LogP contribution in [0.3, 0.4) is 0 Å². The molecule has 170 valence electrons. The number of aromatic nitrogens is 2. The molecule has 1 fully saturated rings. The van der Waals surface area contributed by atoms with Crippen LogP contribution in [0.15, 0.2) is 36.4 Å². The molecule has 3 N–H and O–H groups in total. The zero-order chi connectivity index (χ0) is 22.9. The van der Waals surface area contributed by atoms with Crippen LogP contribution in [-0.2, 0) is 14.4 Å². The molecule has 0 unspecified atom stereocenters. The zero-order valence-electron chi connectivity index (χ0n) is 18.4. The molecule has 32 heavy (non-hydrogen) atoms. The Balaban J connectivity index is 1.72. The van der Waals surface area contributed by atoms with Gasteiger partial charge in [-0.25, -0.2) is 9.97 Å². The fraction of sp³-hybridized carbons (Fsp3) is 0.409. The van der Waals surface area contributed by atoms with E-state index in [0.717, 1.165) is 25.2 Å². The van der Waals surface area contributed by atoms with E-state index >= 15 is 0 Å². The van der Waals surface area contributed by atoms with Gasteiger partial charge < -0.3 is 25.8 Å². The number of anilines is 2. The van der Waals surface area contributed by atoms with Crippen LogP contribution in [0, 0.1) is 0 Å². The van der Waals surface area contributed by atoms with E-state index in [1.807, 2.05) is 30.3 Å². The first kappa shape index (κ1) is 23.1. The number of carbonyl (C=O) groups is 3. The summed E-state index contributed by atoms with van der Waals surface area (Å²) in [5.41, 5.74) is 0.774. The lowest BCUT2D eigenvalue weighted by molar-refractivity contribution is -0.144. The highest BCUT2D eigenvalue weighted by atomic mass is 16.2. The average Bonchev–Trinajstić information content (AvgIpc) is 2.81. The summed E-state index contributed by atoms with van der Waals surface area (Å²) in [6.07, 6.45) is 0. The van der Waals surface area contributed by atoms with E-state index in [1.165, 1.54) is 6.92 Å². The fourth-order valence-electron chi connectivity index (χ4n) is 3.33. The van der Waals surface area contributed by atoms with Crippen molar-refractivity contribution in [1.82, 2.24) is 25.1 Å². The van der Waals surface area contributed by atoms with Gasteiger partial charge in [0.25, 0.3) is 0 Å². The minimum atomic E-state index is -0.725. The minimum Gasteiger partial charge on any atom is -0.368 e. The largest absolute Gasteiger partial charge is 0.368 e. The van der Waals surface area contributed by atoms with Crippen molar-refractivity contribution in [2.45, 2.75) is 13.8 Å². The molecule has 3 amide bonds. The maximum atomic E-state index is 12.6. The Hall–Kier alpha value is -3.53. The molecule has 0 spiro atoms. The number of carbonyl (C=O) groups excluding carboxylic acids is 3. The van der Waals surface area contributed by atoms with Crippen LogP contribution < -0.4 is 16.0 Å². The van der Waals surface area contributed by atoms with Crippen LogP contribution in [0.25, 0.3) is 11.4 Å². The molecule has 1 aliphatic heterocycles. The first-order valence-corrected chi connectivity index (χ1v) is 10.7. The SMILES string of the molecule is CCN1CCN(C(=O)C(=O)Nc2cc(NCCNC(C)=O)nc(-c3ccccc3)n2)CC1. The van der Waals surface area contributed by atoms with E-state index in [1.54, 1.807) is 11.0 Å². The summed E-state index contributed by atoms with van der Waals surface area (Å²) in [5, 5.41) is 8.43. The van der Waals surface area contributed by atoms with Gasteiger partial charge in [-0.2, -0.15) is 0 Å². The second kappa shape index (κ2) is 11.2. The highest BCUT2D eigenvalue weighted by Gasteiger charge is 2.26. The summed E-state index contributed by atoms with van der Waals surface area (Å²) < 4.78 is 0. The standard InChI is InChI=1S/C22H29N7O3/c1-3-28-11-13-29(14-12-28)22(32)21(31)27-19-15-18(24-10-9-23-16(2)30)25-20(26-19)17-7-5-4-6-8-17/h4-8,15H,3,9-14H2,1-2H3,(H,23,30)(H2,24,25,26,27,31). The molecule has 10 nitrogen and oxygen atoms in total. The Morgan fingerprint density at radius 2 is 1.66 bits per heavy atom. The number of likely N-dealkylation sites (N-methyl/N-ethyl adjacent to an activating group) is 1. The maximum Gasteiger partial charge on any atom is 0.315 e. The molecule has 0 saturated carbocycles. The average molecular weight is 440 g/mol. The van der Waals surface area contributed by atoms with E-state index in [0.29, 0.717) is 37.8 Å². The van der Waals surface area contributed by atoms with Crippen molar-refractivity contribution in [3.63, 3.8) is 0 Å². The lowest BCUT2D eigenvalue weighted by atomic mass is 10.2. The van der Waals surface area contributed by atoms with Crippen molar-refractivity contribution in [2.75, 3.05) is 56.4 Å². The number of nitrogens with one attached hydrogen (secondary N) is 3. The van der Waals surface area contributed by atoms with E-state index in [-0.39, 0.29) is 11.7 Å². The van der Waals surface area contributed by atoms with Gasteiger partial charge in [-0.05, 0) is 6.54 Å². The van der Waals surface area contributed by atoms with Crippen LogP contribution in [0.2, 0.25) is 0 Å². The van der Waals surface area contributed by atoms with E-state index in [4.69, 9.17) is 0 Å². The summed E-state index contributed by atoms with van der Waals surface area (Å²) in [6, 6.07) is 10.9. The summed E-state index contributed by atoms with van der Waals surface area (Å²) in [4.78, 5) is 49.0.